The molecule has 264 valence electrons. The minimum atomic E-state index is -2.94. The number of benzene rings is 9. The molecule has 0 atom stereocenters. The van der Waals surface area contributed by atoms with E-state index in [9.17, 15) is 0 Å². The number of fused-ring (bicyclic) bond motifs is 6. The van der Waals surface area contributed by atoms with Crippen molar-refractivity contribution in [2.45, 2.75) is 13.2 Å². The van der Waals surface area contributed by atoms with E-state index in [-0.39, 0.29) is 5.82 Å². The van der Waals surface area contributed by atoms with Gasteiger partial charge >= 0.3 is 0 Å². The standard InChI is InChI=1S/C53H36N2O/c1-2-51-54-46-20-10-12-22-48(46)55(51)47-21-11-8-16-39(47)35-24-26-36(27-25-35)52-41-18-6-7-19-42(41)53(45-32-37(28-30-43(45)52)34-14-4-3-5-15-34)38-29-31-50-44(33-38)40-17-9-13-23-49(40)56-50/h3-33H,2H2,1H3/i1D3,2D2. The maximum absolute atomic E-state index is 8.78. The molecule has 0 spiro atoms. The molecule has 3 nitrogen and oxygen atoms in total. The lowest BCUT2D eigenvalue weighted by Crippen LogP contribution is -2.02. The summed E-state index contributed by atoms with van der Waals surface area (Å²) in [5, 5.41) is 6.70. The van der Waals surface area contributed by atoms with Crippen LogP contribution in [0.1, 0.15) is 19.5 Å². The van der Waals surface area contributed by atoms with Crippen molar-refractivity contribution in [2.24, 2.45) is 0 Å². The van der Waals surface area contributed by atoms with Crippen LogP contribution in [0.4, 0.5) is 0 Å². The van der Waals surface area contributed by atoms with Crippen LogP contribution in [0, 0.1) is 0 Å². The van der Waals surface area contributed by atoms with Crippen LogP contribution in [0.15, 0.2) is 192 Å². The molecular formula is C53H36N2O. The van der Waals surface area contributed by atoms with E-state index in [2.05, 4.69) is 126 Å². The molecule has 11 rings (SSSR count). The monoisotopic (exact) mass is 721 g/mol. The van der Waals surface area contributed by atoms with E-state index >= 15 is 0 Å². The molecule has 0 amide bonds. The quantitative estimate of drug-likeness (QED) is 0.160. The second kappa shape index (κ2) is 13.0. The van der Waals surface area contributed by atoms with Crippen molar-refractivity contribution in [2.75, 3.05) is 0 Å². The van der Waals surface area contributed by atoms with Crippen molar-refractivity contribution >= 4 is 54.5 Å². The van der Waals surface area contributed by atoms with Gasteiger partial charge in [0.05, 0.1) is 16.7 Å². The Bertz CT molecular complexity index is 3490. The Hall–Kier alpha value is -7.23. The zero-order valence-corrected chi connectivity index (χ0v) is 30.2. The fourth-order valence-corrected chi connectivity index (χ4v) is 8.58. The van der Waals surface area contributed by atoms with Gasteiger partial charge < -0.3 is 4.42 Å². The number of hydrogen-bond acceptors (Lipinski definition) is 2. The summed E-state index contributed by atoms with van der Waals surface area (Å²) in [5.74, 6) is -0.161. The second-order valence-electron chi connectivity index (χ2n) is 14.2. The lowest BCUT2D eigenvalue weighted by atomic mass is 9.84. The lowest BCUT2D eigenvalue weighted by Gasteiger charge is -2.19. The Morgan fingerprint density at radius 1 is 0.482 bits per heavy atom. The Morgan fingerprint density at radius 2 is 1.09 bits per heavy atom. The number of hydrogen-bond donors (Lipinski definition) is 0. The van der Waals surface area contributed by atoms with E-state index in [1.165, 1.54) is 0 Å². The van der Waals surface area contributed by atoms with Crippen molar-refractivity contribution in [1.82, 2.24) is 9.55 Å². The summed E-state index contributed by atoms with van der Waals surface area (Å²) in [4.78, 5) is 4.58. The molecule has 0 aliphatic heterocycles. The van der Waals surface area contributed by atoms with Crippen LogP contribution < -0.4 is 0 Å². The molecule has 0 aliphatic rings. The molecule has 56 heavy (non-hydrogen) atoms. The van der Waals surface area contributed by atoms with Gasteiger partial charge in [0.1, 0.15) is 17.0 Å². The molecule has 0 saturated heterocycles. The summed E-state index contributed by atoms with van der Waals surface area (Å²) in [6, 6.07) is 64.1. The third kappa shape index (κ3) is 5.09. The average molecular weight is 722 g/mol. The largest absolute Gasteiger partial charge is 0.456 e. The summed E-state index contributed by atoms with van der Waals surface area (Å²) in [6.45, 7) is -2.94. The van der Waals surface area contributed by atoms with Crippen molar-refractivity contribution in [3.8, 4) is 50.2 Å². The van der Waals surface area contributed by atoms with Gasteiger partial charge in [-0.25, -0.2) is 4.98 Å². The van der Waals surface area contributed by atoms with E-state index in [4.69, 9.17) is 11.3 Å². The molecule has 2 heterocycles. The molecule has 3 heteroatoms. The predicted octanol–water partition coefficient (Wildman–Crippen LogP) is 14.5. The molecule has 0 saturated carbocycles. The number of para-hydroxylation sites is 4. The molecular weight excluding hydrogens is 681 g/mol. The molecule has 0 fully saturated rings. The molecule has 9 aromatic carbocycles. The van der Waals surface area contributed by atoms with Crippen molar-refractivity contribution in [3.63, 3.8) is 0 Å². The van der Waals surface area contributed by atoms with Gasteiger partial charge in [-0.05, 0) is 103 Å². The first-order valence-electron chi connectivity index (χ1n) is 21.3. The van der Waals surface area contributed by atoms with Crippen molar-refractivity contribution < 1.29 is 11.3 Å². The molecule has 11 aromatic rings. The Morgan fingerprint density at radius 3 is 1.93 bits per heavy atom. The first-order valence-corrected chi connectivity index (χ1v) is 18.8. The van der Waals surface area contributed by atoms with Crippen LogP contribution in [0.5, 0.6) is 0 Å². The molecule has 0 radical (unpaired) electrons. The molecule has 2 aromatic heterocycles. The summed E-state index contributed by atoms with van der Waals surface area (Å²) in [7, 11) is 0. The third-order valence-electron chi connectivity index (χ3n) is 11.1. The zero-order chi connectivity index (χ0) is 41.5. The van der Waals surface area contributed by atoms with Gasteiger partial charge in [0.15, 0.2) is 0 Å². The van der Waals surface area contributed by atoms with Crippen LogP contribution in [0.3, 0.4) is 0 Å². The number of nitrogens with zero attached hydrogens (tertiary/aromatic N) is 2. The highest BCUT2D eigenvalue weighted by Crippen LogP contribution is 2.46. The summed E-state index contributed by atoms with van der Waals surface area (Å²) < 4.78 is 49.8. The Kier molecular flexibility index (Phi) is 6.34. The molecule has 0 N–H and O–H groups in total. The van der Waals surface area contributed by atoms with E-state index in [1.807, 2.05) is 60.7 Å². The maximum atomic E-state index is 8.78. The van der Waals surface area contributed by atoms with Crippen molar-refractivity contribution in [1.29, 1.82) is 0 Å². The fourth-order valence-electron chi connectivity index (χ4n) is 8.58. The number of aryl methyl sites for hydroxylation is 1. The van der Waals surface area contributed by atoms with Gasteiger partial charge in [0.2, 0.25) is 0 Å². The summed E-state index contributed by atoms with van der Waals surface area (Å²) in [5.41, 5.74) is 11.9. The maximum Gasteiger partial charge on any atom is 0.135 e. The third-order valence-corrected chi connectivity index (χ3v) is 11.1. The van der Waals surface area contributed by atoms with Gasteiger partial charge in [-0.2, -0.15) is 0 Å². The highest BCUT2D eigenvalue weighted by atomic mass is 16.3. The zero-order valence-electron chi connectivity index (χ0n) is 35.2. The first kappa shape index (κ1) is 27.4. The van der Waals surface area contributed by atoms with E-state index in [1.54, 1.807) is 10.6 Å². The number of imidazole rings is 1. The molecule has 0 bridgehead atoms. The number of rotatable bonds is 6. The SMILES string of the molecule is [2H]C([2H])([2H])C([2H])([2H])c1nc2ccccc2n1-c1ccccc1-c1ccc(-c2c3ccccc3c(-c3ccc4oc5ccccc5c4c3)c3cc(-c4ccccc4)ccc23)cc1. The minimum Gasteiger partial charge on any atom is -0.456 e. The number of furan rings is 1. The summed E-state index contributed by atoms with van der Waals surface area (Å²) in [6.07, 6.45) is -2.71. The van der Waals surface area contributed by atoms with E-state index < -0.39 is 13.2 Å². The first-order chi connectivity index (χ1) is 29.7. The molecule has 0 aliphatic carbocycles. The van der Waals surface area contributed by atoms with E-state index in [0.29, 0.717) is 16.7 Å². The van der Waals surface area contributed by atoms with Crippen LogP contribution in [-0.4, -0.2) is 9.55 Å². The smallest absolute Gasteiger partial charge is 0.135 e. The average Bonchev–Trinajstić information content (AvgIpc) is 3.87. The highest BCUT2D eigenvalue weighted by molar-refractivity contribution is 6.22. The predicted molar refractivity (Wildman–Crippen MR) is 234 cm³/mol. The fraction of sp³-hybridized carbons (Fsp3) is 0.0377. The normalized spacial score (nSPS) is 13.5. The minimum absolute atomic E-state index is 0.161. The van der Waals surface area contributed by atoms with Crippen LogP contribution in [0.2, 0.25) is 0 Å². The van der Waals surface area contributed by atoms with Crippen molar-refractivity contribution in [3.05, 3.63) is 194 Å². The van der Waals surface area contributed by atoms with Crippen LogP contribution in [0.25, 0.3) is 105 Å². The van der Waals surface area contributed by atoms with Crippen LogP contribution >= 0.6 is 0 Å². The molecule has 0 unspecified atom stereocenters. The number of aromatic nitrogens is 2. The van der Waals surface area contributed by atoms with Gasteiger partial charge in [0.25, 0.3) is 0 Å². The van der Waals surface area contributed by atoms with Gasteiger partial charge in [-0.1, -0.05) is 152 Å². The van der Waals surface area contributed by atoms with E-state index in [0.717, 1.165) is 88.0 Å². The Labute approximate surface area is 331 Å². The van der Waals surface area contributed by atoms with Gasteiger partial charge in [-0.3, -0.25) is 4.57 Å². The second-order valence-corrected chi connectivity index (χ2v) is 14.2. The lowest BCUT2D eigenvalue weighted by molar-refractivity contribution is 0.669. The Balaban J connectivity index is 1.11. The highest BCUT2D eigenvalue weighted by Gasteiger charge is 2.20. The topological polar surface area (TPSA) is 31.0 Å². The van der Waals surface area contributed by atoms with Gasteiger partial charge in [-0.15, -0.1) is 0 Å². The van der Waals surface area contributed by atoms with Gasteiger partial charge in [0, 0.05) is 29.6 Å². The summed E-state index contributed by atoms with van der Waals surface area (Å²) >= 11 is 0. The van der Waals surface area contributed by atoms with Crippen LogP contribution in [-0.2, 0) is 6.37 Å².